The van der Waals surface area contributed by atoms with Crippen molar-refractivity contribution in [2.45, 2.75) is 19.1 Å². The van der Waals surface area contributed by atoms with Crippen LogP contribution in [0.25, 0.3) is 0 Å². The molecule has 0 radical (unpaired) electrons. The number of alkyl halides is 3. The van der Waals surface area contributed by atoms with Crippen LogP contribution in [0.15, 0.2) is 24.7 Å². The maximum atomic E-state index is 13.0. The van der Waals surface area contributed by atoms with Crippen LogP contribution in [0.5, 0.6) is 0 Å². The lowest BCUT2D eigenvalue weighted by Crippen LogP contribution is -2.15. The molecule has 114 valence electrons. The molecule has 0 aliphatic carbocycles. The Bertz CT molecular complexity index is 712. The number of anilines is 1. The van der Waals surface area contributed by atoms with Gasteiger partial charge in [-0.2, -0.15) is 18.4 Å². The molecule has 0 aliphatic rings. The monoisotopic (exact) mass is 327 g/mol. The number of nitrogens with one attached hydrogen (secondary N) is 1. The second kappa shape index (κ2) is 6.15. The van der Waals surface area contributed by atoms with Crippen molar-refractivity contribution in [3.63, 3.8) is 0 Å². The van der Waals surface area contributed by atoms with E-state index in [0.29, 0.717) is 11.8 Å². The van der Waals surface area contributed by atoms with Crippen LogP contribution in [-0.4, -0.2) is 15.0 Å². The summed E-state index contributed by atoms with van der Waals surface area (Å²) in [6.45, 7) is 1.65. The van der Waals surface area contributed by atoms with Gasteiger partial charge in [-0.15, -0.1) is 0 Å². The van der Waals surface area contributed by atoms with Crippen molar-refractivity contribution in [1.29, 1.82) is 5.26 Å². The van der Waals surface area contributed by atoms with Crippen LogP contribution in [-0.2, 0) is 6.18 Å². The molecule has 0 aliphatic heterocycles. The van der Waals surface area contributed by atoms with E-state index in [1.54, 1.807) is 6.92 Å². The zero-order valence-electron chi connectivity index (χ0n) is 11.2. The third-order valence-electron chi connectivity index (χ3n) is 2.79. The summed E-state index contributed by atoms with van der Waals surface area (Å²) in [6.07, 6.45) is -0.329. The fourth-order valence-corrected chi connectivity index (χ4v) is 1.96. The van der Waals surface area contributed by atoms with Gasteiger partial charge in [-0.05, 0) is 13.0 Å². The van der Waals surface area contributed by atoms with Crippen molar-refractivity contribution in [3.8, 4) is 6.07 Å². The molecule has 22 heavy (non-hydrogen) atoms. The lowest BCUT2D eigenvalue weighted by Gasteiger charge is -2.17. The number of nitriles is 1. The standard InChI is InChI=1S/C13H9ClF3N5/c1-7(10-6-19-2-3-20-10)21-12-8(5-18)9(13(15,16)17)4-11(14)22-12/h2-4,6-7H,1H3,(H,21,22)/t7-/m0/s1. The molecule has 0 saturated carbocycles. The number of hydrogen-bond donors (Lipinski definition) is 1. The first kappa shape index (κ1) is 16.0. The quantitative estimate of drug-likeness (QED) is 0.872. The second-order valence-electron chi connectivity index (χ2n) is 4.32. The molecule has 1 N–H and O–H groups in total. The summed E-state index contributed by atoms with van der Waals surface area (Å²) in [5.41, 5.74) is -1.27. The second-order valence-corrected chi connectivity index (χ2v) is 4.71. The van der Waals surface area contributed by atoms with Crippen molar-refractivity contribution in [1.82, 2.24) is 15.0 Å². The van der Waals surface area contributed by atoms with E-state index in [9.17, 15) is 13.2 Å². The van der Waals surface area contributed by atoms with Gasteiger partial charge in [-0.3, -0.25) is 9.97 Å². The Kier molecular flexibility index (Phi) is 4.47. The molecule has 0 saturated heterocycles. The zero-order chi connectivity index (χ0) is 16.3. The van der Waals surface area contributed by atoms with Crippen LogP contribution in [0, 0.1) is 11.3 Å². The molecule has 0 amide bonds. The summed E-state index contributed by atoms with van der Waals surface area (Å²) in [5.74, 6) is -0.250. The zero-order valence-corrected chi connectivity index (χ0v) is 11.9. The Labute approximate surface area is 128 Å². The van der Waals surface area contributed by atoms with Crippen LogP contribution in [0.4, 0.5) is 19.0 Å². The summed E-state index contributed by atoms with van der Waals surface area (Å²) in [4.78, 5) is 11.7. The highest BCUT2D eigenvalue weighted by Crippen LogP contribution is 2.36. The molecular weight excluding hydrogens is 319 g/mol. The van der Waals surface area contributed by atoms with Gasteiger partial charge >= 0.3 is 6.18 Å². The Morgan fingerprint density at radius 3 is 2.64 bits per heavy atom. The lowest BCUT2D eigenvalue weighted by atomic mass is 10.1. The third kappa shape index (κ3) is 3.43. The first-order valence-corrected chi connectivity index (χ1v) is 6.41. The average molecular weight is 328 g/mol. The summed E-state index contributed by atoms with van der Waals surface area (Å²) < 4.78 is 38.9. The number of halogens is 4. The van der Waals surface area contributed by atoms with E-state index in [-0.39, 0.29) is 11.0 Å². The fourth-order valence-electron chi connectivity index (χ4n) is 1.77. The van der Waals surface area contributed by atoms with E-state index < -0.39 is 23.3 Å². The smallest absolute Gasteiger partial charge is 0.361 e. The van der Waals surface area contributed by atoms with E-state index in [4.69, 9.17) is 16.9 Å². The first-order valence-electron chi connectivity index (χ1n) is 6.03. The number of aromatic nitrogens is 3. The topological polar surface area (TPSA) is 74.5 Å². The molecule has 0 fully saturated rings. The number of pyridine rings is 1. The predicted molar refractivity (Wildman–Crippen MR) is 73.0 cm³/mol. The summed E-state index contributed by atoms with van der Waals surface area (Å²) in [6, 6.07) is 1.63. The molecule has 9 heteroatoms. The molecular formula is C13H9ClF3N5. The van der Waals surface area contributed by atoms with Gasteiger partial charge in [-0.1, -0.05) is 11.6 Å². The Hall–Kier alpha value is -2.40. The van der Waals surface area contributed by atoms with E-state index >= 15 is 0 Å². The first-order chi connectivity index (χ1) is 10.3. The van der Waals surface area contributed by atoms with Crippen LogP contribution in [0.2, 0.25) is 5.15 Å². The van der Waals surface area contributed by atoms with Crippen molar-refractivity contribution in [3.05, 3.63) is 46.6 Å². The summed E-state index contributed by atoms with van der Waals surface area (Å²) in [7, 11) is 0. The molecule has 1 atom stereocenters. The van der Waals surface area contributed by atoms with Crippen molar-refractivity contribution >= 4 is 17.4 Å². The van der Waals surface area contributed by atoms with Gasteiger partial charge in [0.15, 0.2) is 0 Å². The van der Waals surface area contributed by atoms with Crippen LogP contribution < -0.4 is 5.32 Å². The molecule has 0 aromatic carbocycles. The molecule has 2 heterocycles. The minimum absolute atomic E-state index is 0.250. The molecule has 2 aromatic heterocycles. The number of hydrogen-bond acceptors (Lipinski definition) is 5. The highest BCUT2D eigenvalue weighted by atomic mass is 35.5. The molecule has 0 bridgehead atoms. The Morgan fingerprint density at radius 1 is 1.36 bits per heavy atom. The van der Waals surface area contributed by atoms with E-state index in [1.165, 1.54) is 24.7 Å². The molecule has 2 rings (SSSR count). The minimum atomic E-state index is -4.70. The fraction of sp³-hybridized carbons (Fsp3) is 0.231. The van der Waals surface area contributed by atoms with E-state index in [0.717, 1.165) is 0 Å². The van der Waals surface area contributed by atoms with Gasteiger partial charge < -0.3 is 5.32 Å². The van der Waals surface area contributed by atoms with Gasteiger partial charge in [0.2, 0.25) is 0 Å². The largest absolute Gasteiger partial charge is 0.417 e. The third-order valence-corrected chi connectivity index (χ3v) is 2.98. The van der Waals surface area contributed by atoms with Crippen LogP contribution in [0.3, 0.4) is 0 Å². The van der Waals surface area contributed by atoms with Gasteiger partial charge in [0.05, 0.1) is 23.5 Å². The van der Waals surface area contributed by atoms with Crippen molar-refractivity contribution in [2.75, 3.05) is 5.32 Å². The Morgan fingerprint density at radius 2 is 2.09 bits per heavy atom. The van der Waals surface area contributed by atoms with Crippen molar-refractivity contribution in [2.24, 2.45) is 0 Å². The maximum Gasteiger partial charge on any atom is 0.417 e. The average Bonchev–Trinajstić information content (AvgIpc) is 2.46. The highest BCUT2D eigenvalue weighted by molar-refractivity contribution is 6.29. The highest BCUT2D eigenvalue weighted by Gasteiger charge is 2.36. The van der Waals surface area contributed by atoms with E-state index in [1.807, 2.05) is 0 Å². The molecule has 0 unspecified atom stereocenters. The minimum Gasteiger partial charge on any atom is -0.361 e. The maximum absolute atomic E-state index is 13.0. The van der Waals surface area contributed by atoms with Gasteiger partial charge in [0, 0.05) is 12.4 Å². The normalized spacial score (nSPS) is 12.5. The molecule has 0 spiro atoms. The van der Waals surface area contributed by atoms with Crippen LogP contribution in [0.1, 0.15) is 29.8 Å². The van der Waals surface area contributed by atoms with Crippen molar-refractivity contribution < 1.29 is 13.2 Å². The Balaban J connectivity index is 2.43. The molecule has 5 nitrogen and oxygen atoms in total. The molecule has 2 aromatic rings. The van der Waals surface area contributed by atoms with Gasteiger partial charge in [-0.25, -0.2) is 4.98 Å². The number of nitrogens with zero attached hydrogens (tertiary/aromatic N) is 4. The summed E-state index contributed by atoms with van der Waals surface area (Å²) >= 11 is 5.63. The summed E-state index contributed by atoms with van der Waals surface area (Å²) in [5, 5.41) is 11.4. The van der Waals surface area contributed by atoms with Gasteiger partial charge in [0.25, 0.3) is 0 Å². The SMILES string of the molecule is C[C@H](Nc1nc(Cl)cc(C(F)(F)F)c1C#N)c1cnccn1. The predicted octanol–water partition coefficient (Wildman–Crippen LogP) is 3.59. The van der Waals surface area contributed by atoms with E-state index in [2.05, 4.69) is 20.3 Å². The van der Waals surface area contributed by atoms with Gasteiger partial charge in [0.1, 0.15) is 22.6 Å². The lowest BCUT2D eigenvalue weighted by molar-refractivity contribution is -0.137. The van der Waals surface area contributed by atoms with Crippen LogP contribution >= 0.6 is 11.6 Å². The number of rotatable bonds is 3.